The molecule has 0 aliphatic rings. The predicted molar refractivity (Wildman–Crippen MR) is 65.9 cm³/mol. The smallest absolute Gasteiger partial charge is 0.303 e. The molecule has 0 saturated heterocycles. The maximum absolute atomic E-state index is 11.2. The number of carbonyl (C=O) groups is 3. The summed E-state index contributed by atoms with van der Waals surface area (Å²) in [6.07, 6.45) is 2.13. The minimum absolute atomic E-state index is 0.169. The second-order valence-corrected chi connectivity index (χ2v) is 4.10. The van der Waals surface area contributed by atoms with Crippen molar-refractivity contribution >= 4 is 17.7 Å². The van der Waals surface area contributed by atoms with Crippen LogP contribution in [0.4, 0.5) is 0 Å². The van der Waals surface area contributed by atoms with Crippen molar-refractivity contribution < 1.29 is 23.9 Å². The molecule has 1 atom stereocenters. The summed E-state index contributed by atoms with van der Waals surface area (Å²) < 4.78 is 9.67. The number of hydrogen-bond acceptors (Lipinski definition) is 5. The Bertz CT molecular complexity index is 343. The molecule has 0 aromatic rings. The van der Waals surface area contributed by atoms with E-state index in [0.717, 1.165) is 5.57 Å². The first kappa shape index (κ1) is 16.4. The largest absolute Gasteiger partial charge is 0.462 e. The molecule has 5 nitrogen and oxygen atoms in total. The first-order valence-electron chi connectivity index (χ1n) is 5.79. The number of ketones is 1. The Labute approximate surface area is 107 Å². The van der Waals surface area contributed by atoms with E-state index in [9.17, 15) is 14.4 Å². The van der Waals surface area contributed by atoms with Gasteiger partial charge in [-0.3, -0.25) is 14.4 Å². The standard InChI is InChI=1S/C13H20O5/c1-9(7-8-17-11(3)15)5-6-13(10(2)14)18-12(4)16/h7,13H,5-6,8H2,1-4H3/b9-7+/t13-/m1/s1. The molecule has 0 aliphatic carbocycles. The maximum atomic E-state index is 11.2. The summed E-state index contributed by atoms with van der Waals surface area (Å²) in [5.41, 5.74) is 0.981. The Morgan fingerprint density at radius 1 is 1.06 bits per heavy atom. The number of carbonyl (C=O) groups excluding carboxylic acids is 3. The molecule has 0 N–H and O–H groups in total. The minimum atomic E-state index is -0.695. The molecule has 102 valence electrons. The van der Waals surface area contributed by atoms with Crippen LogP contribution in [0.25, 0.3) is 0 Å². The summed E-state index contributed by atoms with van der Waals surface area (Å²) in [5.74, 6) is -0.963. The molecule has 0 aromatic heterocycles. The SMILES string of the molecule is CC(=O)OC/C=C(\C)CC[C@@H](OC(C)=O)C(C)=O. The van der Waals surface area contributed by atoms with E-state index in [1.165, 1.54) is 20.8 Å². The fraction of sp³-hybridized carbons (Fsp3) is 0.615. The molecule has 0 aliphatic heterocycles. The average Bonchev–Trinajstić information content (AvgIpc) is 2.22. The fourth-order valence-corrected chi connectivity index (χ4v) is 1.31. The van der Waals surface area contributed by atoms with Gasteiger partial charge in [0.25, 0.3) is 0 Å². The average molecular weight is 256 g/mol. The molecule has 0 unspecified atom stereocenters. The second kappa shape index (κ2) is 8.44. The number of hydrogen-bond donors (Lipinski definition) is 0. The van der Waals surface area contributed by atoms with Gasteiger partial charge in [-0.25, -0.2) is 0 Å². The van der Waals surface area contributed by atoms with Crippen LogP contribution in [-0.2, 0) is 23.9 Å². The molecule has 5 heteroatoms. The normalized spacial score (nSPS) is 12.8. The van der Waals surface area contributed by atoms with E-state index in [0.29, 0.717) is 12.8 Å². The Hall–Kier alpha value is -1.65. The van der Waals surface area contributed by atoms with Gasteiger partial charge in [0, 0.05) is 13.8 Å². The van der Waals surface area contributed by atoms with E-state index >= 15 is 0 Å². The van der Waals surface area contributed by atoms with Gasteiger partial charge in [0.05, 0.1) is 0 Å². The van der Waals surface area contributed by atoms with Crippen LogP contribution in [0.2, 0.25) is 0 Å². The Balaban J connectivity index is 4.13. The lowest BCUT2D eigenvalue weighted by Gasteiger charge is -2.13. The molecule has 0 radical (unpaired) electrons. The van der Waals surface area contributed by atoms with E-state index in [-0.39, 0.29) is 18.4 Å². The highest BCUT2D eigenvalue weighted by atomic mass is 16.5. The van der Waals surface area contributed by atoms with Gasteiger partial charge < -0.3 is 9.47 Å². The van der Waals surface area contributed by atoms with Gasteiger partial charge in [-0.2, -0.15) is 0 Å². The monoisotopic (exact) mass is 256 g/mol. The summed E-state index contributed by atoms with van der Waals surface area (Å²) >= 11 is 0. The molecule has 0 heterocycles. The number of rotatable bonds is 7. The Kier molecular flexibility index (Phi) is 7.67. The van der Waals surface area contributed by atoms with Crippen molar-refractivity contribution in [1.82, 2.24) is 0 Å². The van der Waals surface area contributed by atoms with Crippen LogP contribution in [0.5, 0.6) is 0 Å². The maximum Gasteiger partial charge on any atom is 0.303 e. The quantitative estimate of drug-likeness (QED) is 0.513. The number of esters is 2. The Morgan fingerprint density at radius 3 is 2.11 bits per heavy atom. The highest BCUT2D eigenvalue weighted by Crippen LogP contribution is 2.10. The van der Waals surface area contributed by atoms with Gasteiger partial charge in [-0.1, -0.05) is 5.57 Å². The van der Waals surface area contributed by atoms with Crippen LogP contribution < -0.4 is 0 Å². The van der Waals surface area contributed by atoms with E-state index in [4.69, 9.17) is 9.47 Å². The molecular weight excluding hydrogens is 236 g/mol. The van der Waals surface area contributed by atoms with Gasteiger partial charge in [0.2, 0.25) is 0 Å². The molecular formula is C13H20O5. The molecule has 0 fully saturated rings. The van der Waals surface area contributed by atoms with Gasteiger partial charge in [0.15, 0.2) is 11.9 Å². The van der Waals surface area contributed by atoms with Gasteiger partial charge in [-0.15, -0.1) is 0 Å². The van der Waals surface area contributed by atoms with Gasteiger partial charge in [-0.05, 0) is 32.8 Å². The highest BCUT2D eigenvalue weighted by molar-refractivity contribution is 5.83. The summed E-state index contributed by atoms with van der Waals surface area (Å²) in [6, 6.07) is 0. The summed E-state index contributed by atoms with van der Waals surface area (Å²) in [6.45, 7) is 6.11. The second-order valence-electron chi connectivity index (χ2n) is 4.10. The minimum Gasteiger partial charge on any atom is -0.462 e. The lowest BCUT2D eigenvalue weighted by atomic mass is 10.1. The van der Waals surface area contributed by atoms with Gasteiger partial charge in [0.1, 0.15) is 6.61 Å². The van der Waals surface area contributed by atoms with Crippen molar-refractivity contribution in [3.8, 4) is 0 Å². The Morgan fingerprint density at radius 2 is 1.67 bits per heavy atom. The van der Waals surface area contributed by atoms with Crippen molar-refractivity contribution in [1.29, 1.82) is 0 Å². The lowest BCUT2D eigenvalue weighted by molar-refractivity contribution is -0.152. The van der Waals surface area contributed by atoms with E-state index < -0.39 is 12.1 Å². The van der Waals surface area contributed by atoms with E-state index in [2.05, 4.69) is 0 Å². The van der Waals surface area contributed by atoms with Crippen LogP contribution in [0.15, 0.2) is 11.6 Å². The summed E-state index contributed by atoms with van der Waals surface area (Å²) in [7, 11) is 0. The van der Waals surface area contributed by atoms with Gasteiger partial charge >= 0.3 is 11.9 Å². The van der Waals surface area contributed by atoms with Crippen molar-refractivity contribution in [2.24, 2.45) is 0 Å². The third kappa shape index (κ3) is 8.50. The van der Waals surface area contributed by atoms with Crippen LogP contribution in [0, 0.1) is 0 Å². The third-order valence-electron chi connectivity index (χ3n) is 2.28. The molecule has 0 amide bonds. The zero-order valence-electron chi connectivity index (χ0n) is 11.3. The van der Waals surface area contributed by atoms with E-state index in [1.54, 1.807) is 6.08 Å². The first-order chi connectivity index (χ1) is 8.32. The van der Waals surface area contributed by atoms with Crippen molar-refractivity contribution in [3.63, 3.8) is 0 Å². The molecule has 0 bridgehead atoms. The number of Topliss-reactive ketones (excluding diaryl/α,β-unsaturated/α-hetero) is 1. The highest BCUT2D eigenvalue weighted by Gasteiger charge is 2.16. The van der Waals surface area contributed by atoms with Crippen LogP contribution in [0.3, 0.4) is 0 Å². The van der Waals surface area contributed by atoms with E-state index in [1.807, 2.05) is 6.92 Å². The molecule has 0 aromatic carbocycles. The summed E-state index contributed by atoms with van der Waals surface area (Å²) in [5, 5.41) is 0. The number of allylic oxidation sites excluding steroid dienone is 1. The fourth-order valence-electron chi connectivity index (χ4n) is 1.31. The molecule has 0 spiro atoms. The zero-order valence-corrected chi connectivity index (χ0v) is 11.3. The first-order valence-corrected chi connectivity index (χ1v) is 5.79. The van der Waals surface area contributed by atoms with Crippen LogP contribution in [-0.4, -0.2) is 30.4 Å². The topological polar surface area (TPSA) is 69.7 Å². The predicted octanol–water partition coefficient (Wildman–Crippen LogP) is 1.80. The number of ether oxygens (including phenoxy) is 2. The molecule has 18 heavy (non-hydrogen) atoms. The van der Waals surface area contributed by atoms with Crippen molar-refractivity contribution in [2.75, 3.05) is 6.61 Å². The third-order valence-corrected chi connectivity index (χ3v) is 2.28. The zero-order chi connectivity index (χ0) is 14.1. The van der Waals surface area contributed by atoms with Crippen molar-refractivity contribution in [3.05, 3.63) is 11.6 Å². The molecule has 0 rings (SSSR count). The van der Waals surface area contributed by atoms with Crippen LogP contribution >= 0.6 is 0 Å². The summed E-state index contributed by atoms with van der Waals surface area (Å²) in [4.78, 5) is 32.6. The van der Waals surface area contributed by atoms with Crippen molar-refractivity contribution in [2.45, 2.75) is 46.6 Å². The molecule has 0 saturated carbocycles. The lowest BCUT2D eigenvalue weighted by Crippen LogP contribution is -2.24. The van der Waals surface area contributed by atoms with Crippen LogP contribution in [0.1, 0.15) is 40.5 Å².